The van der Waals surface area contributed by atoms with E-state index in [0.29, 0.717) is 6.42 Å². The van der Waals surface area contributed by atoms with Gasteiger partial charge in [0.2, 0.25) is 0 Å². The molecule has 7 heavy (non-hydrogen) atoms. The van der Waals surface area contributed by atoms with E-state index in [-0.39, 0.29) is 35.5 Å². The van der Waals surface area contributed by atoms with Crippen LogP contribution in [0.1, 0.15) is 13.3 Å². The summed E-state index contributed by atoms with van der Waals surface area (Å²) in [6.07, 6.45) is 0.344. The van der Waals surface area contributed by atoms with Gasteiger partial charge in [-0.05, 0) is 0 Å². The molecule has 0 aromatic rings. The molecule has 0 radical (unpaired) electrons. The Balaban J connectivity index is 0. The van der Waals surface area contributed by atoms with Crippen LogP contribution in [0.3, 0.4) is 0 Å². The van der Waals surface area contributed by atoms with Gasteiger partial charge in [0.1, 0.15) is 0 Å². The van der Waals surface area contributed by atoms with Gasteiger partial charge < -0.3 is 4.84 Å². The van der Waals surface area contributed by atoms with Crippen LogP contribution >= 0.6 is 0 Å². The Morgan fingerprint density at radius 1 is 1.86 bits per heavy atom. The van der Waals surface area contributed by atoms with Gasteiger partial charge in [-0.1, -0.05) is 6.92 Å². The van der Waals surface area contributed by atoms with Crippen molar-refractivity contribution in [1.82, 2.24) is 0 Å². The van der Waals surface area contributed by atoms with Gasteiger partial charge in [-0.15, -0.1) is 0 Å². The van der Waals surface area contributed by atoms with E-state index in [1.165, 1.54) is 0 Å². The standard InChI is InChI=1S/C3H7NO2.Na.H/c1-2-3(5)6-4;;/h2,4H2,1H3;;. The number of nitrogens with two attached hydrogens (primary N) is 1. The zero-order valence-corrected chi connectivity index (χ0v) is 3.60. The summed E-state index contributed by atoms with van der Waals surface area (Å²) in [6, 6.07) is 0. The van der Waals surface area contributed by atoms with E-state index in [1.807, 2.05) is 0 Å². The van der Waals surface area contributed by atoms with E-state index in [0.717, 1.165) is 0 Å². The summed E-state index contributed by atoms with van der Waals surface area (Å²) in [6.45, 7) is 1.68. The number of rotatable bonds is 1. The van der Waals surface area contributed by atoms with Gasteiger partial charge in [0.05, 0.1) is 0 Å². The molecule has 0 heterocycles. The molecule has 0 saturated carbocycles. The van der Waals surface area contributed by atoms with Crippen LogP contribution in [0.2, 0.25) is 0 Å². The second kappa shape index (κ2) is 6.43. The van der Waals surface area contributed by atoms with E-state index in [2.05, 4.69) is 10.7 Å². The summed E-state index contributed by atoms with van der Waals surface area (Å²) in [5.41, 5.74) is 0. The molecule has 3 nitrogen and oxygen atoms in total. The van der Waals surface area contributed by atoms with E-state index in [4.69, 9.17) is 0 Å². The van der Waals surface area contributed by atoms with Crippen LogP contribution < -0.4 is 5.90 Å². The topological polar surface area (TPSA) is 52.3 Å². The van der Waals surface area contributed by atoms with Gasteiger partial charge in [0.25, 0.3) is 0 Å². The van der Waals surface area contributed by atoms with Gasteiger partial charge in [-0.25, -0.2) is 0 Å². The second-order valence-corrected chi connectivity index (χ2v) is 0.843. The Hall–Kier alpha value is 0.430. The number of carbonyl (C=O) groups is 1. The molecule has 0 fully saturated rings. The summed E-state index contributed by atoms with van der Waals surface area (Å²) in [5.74, 6) is 4.05. The molecular weight excluding hydrogens is 105 g/mol. The van der Waals surface area contributed by atoms with Crippen LogP contribution in [-0.2, 0) is 9.63 Å². The maximum atomic E-state index is 9.83. The van der Waals surface area contributed by atoms with Crippen LogP contribution in [0.25, 0.3) is 0 Å². The molecule has 0 aliphatic heterocycles. The molecule has 0 aliphatic rings. The normalized spacial score (nSPS) is 6.57. The third-order valence-electron chi connectivity index (χ3n) is 0.420. The molecule has 0 aromatic heterocycles. The summed E-state index contributed by atoms with van der Waals surface area (Å²) in [4.78, 5) is 13.6. The van der Waals surface area contributed by atoms with E-state index in [1.54, 1.807) is 6.92 Å². The predicted octanol–water partition coefficient (Wildman–Crippen LogP) is -0.835. The molecule has 0 spiro atoms. The van der Waals surface area contributed by atoms with Crippen molar-refractivity contribution in [3.05, 3.63) is 0 Å². The van der Waals surface area contributed by atoms with Crippen molar-refractivity contribution in [1.29, 1.82) is 0 Å². The second-order valence-electron chi connectivity index (χ2n) is 0.843. The predicted molar refractivity (Wildman–Crippen MR) is 27.7 cm³/mol. The SMILES string of the molecule is CCC(=O)ON.[NaH]. The van der Waals surface area contributed by atoms with Crippen LogP contribution in [0, 0.1) is 0 Å². The Kier molecular flexibility index (Phi) is 9.57. The first-order valence-corrected chi connectivity index (χ1v) is 1.70. The summed E-state index contributed by atoms with van der Waals surface area (Å²) < 4.78 is 0. The fourth-order valence-corrected chi connectivity index (χ4v) is 0.0833. The molecule has 0 unspecified atom stereocenters. The van der Waals surface area contributed by atoms with Crippen molar-refractivity contribution >= 4 is 35.5 Å². The average Bonchev–Trinajstić information content (AvgIpc) is 1.65. The molecule has 4 heteroatoms. The Morgan fingerprint density at radius 2 is 2.29 bits per heavy atom. The number of carbonyl (C=O) groups excluding carboxylic acids is 1. The van der Waals surface area contributed by atoms with Crippen molar-refractivity contribution in [3.63, 3.8) is 0 Å². The van der Waals surface area contributed by atoms with Crippen molar-refractivity contribution in [2.45, 2.75) is 13.3 Å². The van der Waals surface area contributed by atoms with Crippen LogP contribution in [0.4, 0.5) is 0 Å². The maximum absolute atomic E-state index is 9.83. The Morgan fingerprint density at radius 3 is 2.29 bits per heavy atom. The molecule has 0 rings (SSSR count). The van der Waals surface area contributed by atoms with Gasteiger partial charge in [0, 0.05) is 6.42 Å². The van der Waals surface area contributed by atoms with Crippen LogP contribution in [-0.4, -0.2) is 35.5 Å². The van der Waals surface area contributed by atoms with Gasteiger partial charge in [-0.2, -0.15) is 5.90 Å². The van der Waals surface area contributed by atoms with E-state index in [9.17, 15) is 4.79 Å². The van der Waals surface area contributed by atoms with Gasteiger partial charge in [-0.3, -0.25) is 4.79 Å². The zero-order valence-electron chi connectivity index (χ0n) is 3.60. The molecule has 0 aromatic carbocycles. The minimum atomic E-state index is -0.380. The van der Waals surface area contributed by atoms with E-state index >= 15 is 0 Å². The summed E-state index contributed by atoms with van der Waals surface area (Å²) in [7, 11) is 0. The first-order valence-electron chi connectivity index (χ1n) is 1.70. The van der Waals surface area contributed by atoms with Crippen molar-refractivity contribution in [2.24, 2.45) is 5.90 Å². The molecule has 2 N–H and O–H groups in total. The zero-order chi connectivity index (χ0) is 4.99. The monoisotopic (exact) mass is 113 g/mol. The Bertz CT molecular complexity index is 50.9. The third kappa shape index (κ3) is 6.43. The van der Waals surface area contributed by atoms with Crippen molar-refractivity contribution < 1.29 is 9.63 Å². The first-order chi connectivity index (χ1) is 2.81. The summed E-state index contributed by atoms with van der Waals surface area (Å²) >= 11 is 0. The van der Waals surface area contributed by atoms with Crippen LogP contribution in [0.5, 0.6) is 0 Å². The average molecular weight is 113 g/mol. The molecule has 0 bridgehead atoms. The van der Waals surface area contributed by atoms with Crippen molar-refractivity contribution in [3.8, 4) is 0 Å². The molecule has 0 saturated heterocycles. The third-order valence-corrected chi connectivity index (χ3v) is 0.420. The molecule has 0 atom stereocenters. The number of hydrogen-bond donors (Lipinski definition) is 1. The van der Waals surface area contributed by atoms with Crippen molar-refractivity contribution in [2.75, 3.05) is 0 Å². The molecule has 0 aliphatic carbocycles. The number of hydrogen-bond acceptors (Lipinski definition) is 3. The van der Waals surface area contributed by atoms with Gasteiger partial charge in [0.15, 0.2) is 0 Å². The summed E-state index contributed by atoms with van der Waals surface area (Å²) in [5, 5.41) is 0. The minimum absolute atomic E-state index is 0. The van der Waals surface area contributed by atoms with Gasteiger partial charge >= 0.3 is 35.5 Å². The molecule has 38 valence electrons. The van der Waals surface area contributed by atoms with E-state index < -0.39 is 0 Å². The fourth-order valence-electron chi connectivity index (χ4n) is 0.0833. The molecule has 0 amide bonds. The Labute approximate surface area is 64.5 Å². The molecular formula is C3H8NNaO2. The van der Waals surface area contributed by atoms with Crippen LogP contribution in [0.15, 0.2) is 0 Å². The quantitative estimate of drug-likeness (QED) is 0.356. The first kappa shape index (κ1) is 10.4. The fraction of sp³-hybridized carbons (Fsp3) is 0.667.